The smallest absolute Gasteiger partial charge is 0.242 e. The van der Waals surface area contributed by atoms with Crippen molar-refractivity contribution < 1.29 is 9.90 Å². The molecule has 3 unspecified atom stereocenters. The Labute approximate surface area is 136 Å². The van der Waals surface area contributed by atoms with E-state index < -0.39 is 6.10 Å². The van der Waals surface area contributed by atoms with Gasteiger partial charge in [0.2, 0.25) is 5.91 Å². The van der Waals surface area contributed by atoms with Gasteiger partial charge in [-0.15, -0.1) is 0 Å². The summed E-state index contributed by atoms with van der Waals surface area (Å²) in [5.74, 6) is 1.74. The van der Waals surface area contributed by atoms with Crippen LogP contribution in [0.2, 0.25) is 0 Å². The van der Waals surface area contributed by atoms with E-state index in [1.165, 1.54) is 6.42 Å². The number of amides is 1. The molecular formula is C18H25N3O2. The summed E-state index contributed by atoms with van der Waals surface area (Å²) in [6.45, 7) is 7.96. The number of benzene rings is 1. The van der Waals surface area contributed by atoms with E-state index >= 15 is 0 Å². The van der Waals surface area contributed by atoms with E-state index in [1.54, 1.807) is 6.92 Å². The second kappa shape index (κ2) is 6.32. The third kappa shape index (κ3) is 3.24. The van der Waals surface area contributed by atoms with Crippen LogP contribution in [-0.4, -0.2) is 38.6 Å². The minimum absolute atomic E-state index is 0.105. The molecule has 0 spiro atoms. The van der Waals surface area contributed by atoms with Crippen LogP contribution in [0.1, 0.15) is 39.1 Å². The number of rotatable bonds is 3. The number of aromatic nitrogens is 2. The van der Waals surface area contributed by atoms with Gasteiger partial charge in [0.25, 0.3) is 0 Å². The maximum Gasteiger partial charge on any atom is 0.242 e. The number of nitrogens with zero attached hydrogens (tertiary/aromatic N) is 3. The van der Waals surface area contributed by atoms with E-state index in [9.17, 15) is 9.90 Å². The summed E-state index contributed by atoms with van der Waals surface area (Å²) in [4.78, 5) is 19.2. The first-order valence-corrected chi connectivity index (χ1v) is 8.36. The van der Waals surface area contributed by atoms with Crippen molar-refractivity contribution in [1.82, 2.24) is 14.5 Å². The SMILES string of the molecule is CC1CC(C)CN(C(=O)Cn2c(C(C)O)nc3ccccc32)C1. The molecule has 0 radical (unpaired) electrons. The van der Waals surface area contributed by atoms with E-state index in [2.05, 4.69) is 18.8 Å². The van der Waals surface area contributed by atoms with E-state index in [0.29, 0.717) is 17.7 Å². The molecule has 2 aromatic rings. The Bertz CT molecular complexity index is 697. The molecule has 23 heavy (non-hydrogen) atoms. The van der Waals surface area contributed by atoms with Crippen LogP contribution in [0.3, 0.4) is 0 Å². The van der Waals surface area contributed by atoms with Gasteiger partial charge in [-0.2, -0.15) is 0 Å². The zero-order chi connectivity index (χ0) is 16.6. The molecule has 5 nitrogen and oxygen atoms in total. The minimum Gasteiger partial charge on any atom is -0.385 e. The molecule has 3 atom stereocenters. The topological polar surface area (TPSA) is 58.4 Å². The Morgan fingerprint density at radius 1 is 1.30 bits per heavy atom. The minimum atomic E-state index is -0.700. The Morgan fingerprint density at radius 3 is 2.61 bits per heavy atom. The van der Waals surface area contributed by atoms with Gasteiger partial charge < -0.3 is 14.6 Å². The van der Waals surface area contributed by atoms with Gasteiger partial charge in [-0.3, -0.25) is 4.79 Å². The lowest BCUT2D eigenvalue weighted by molar-refractivity contribution is -0.134. The van der Waals surface area contributed by atoms with Crippen molar-refractivity contribution in [3.63, 3.8) is 0 Å². The molecule has 124 valence electrons. The van der Waals surface area contributed by atoms with Gasteiger partial charge in [-0.25, -0.2) is 4.98 Å². The molecule has 1 fully saturated rings. The first-order valence-electron chi connectivity index (χ1n) is 8.36. The van der Waals surface area contributed by atoms with E-state index in [0.717, 1.165) is 24.1 Å². The summed E-state index contributed by atoms with van der Waals surface area (Å²) >= 11 is 0. The Kier molecular flexibility index (Phi) is 4.39. The van der Waals surface area contributed by atoms with Crippen molar-refractivity contribution in [3.8, 4) is 0 Å². The Morgan fingerprint density at radius 2 is 1.96 bits per heavy atom. The van der Waals surface area contributed by atoms with Crippen molar-refractivity contribution in [1.29, 1.82) is 0 Å². The first-order chi connectivity index (χ1) is 11.0. The number of hydrogen-bond acceptors (Lipinski definition) is 3. The van der Waals surface area contributed by atoms with Gasteiger partial charge in [0.15, 0.2) is 0 Å². The first kappa shape index (κ1) is 16.0. The number of aliphatic hydroxyl groups is 1. The summed E-state index contributed by atoms with van der Waals surface area (Å²) in [5, 5.41) is 10.0. The molecular weight excluding hydrogens is 290 g/mol. The average molecular weight is 315 g/mol. The molecule has 1 saturated heterocycles. The molecule has 1 aromatic carbocycles. The van der Waals surface area contributed by atoms with E-state index in [4.69, 9.17) is 0 Å². The van der Waals surface area contributed by atoms with Gasteiger partial charge in [-0.05, 0) is 37.3 Å². The number of hydrogen-bond donors (Lipinski definition) is 1. The monoisotopic (exact) mass is 315 g/mol. The zero-order valence-electron chi connectivity index (χ0n) is 14.1. The predicted octanol–water partition coefficient (Wildman–Crippen LogP) is 2.59. The molecule has 0 bridgehead atoms. The standard InChI is InChI=1S/C18H25N3O2/c1-12-8-13(2)10-20(9-12)17(23)11-21-16-7-5-4-6-15(16)19-18(21)14(3)22/h4-7,12-14,22H,8-11H2,1-3H3. The maximum absolute atomic E-state index is 12.8. The van der Waals surface area contributed by atoms with Crippen LogP contribution in [0.15, 0.2) is 24.3 Å². The highest BCUT2D eigenvalue weighted by atomic mass is 16.3. The van der Waals surface area contributed by atoms with Gasteiger partial charge in [0, 0.05) is 13.1 Å². The summed E-state index contributed by atoms with van der Waals surface area (Å²) in [5.41, 5.74) is 1.71. The number of fused-ring (bicyclic) bond motifs is 1. The van der Waals surface area contributed by atoms with Gasteiger partial charge in [0.1, 0.15) is 18.5 Å². The molecule has 3 rings (SSSR count). The fourth-order valence-corrected chi connectivity index (χ4v) is 3.68. The van der Waals surface area contributed by atoms with Gasteiger partial charge in [0.05, 0.1) is 11.0 Å². The highest BCUT2D eigenvalue weighted by Crippen LogP contribution is 2.24. The van der Waals surface area contributed by atoms with Crippen molar-refractivity contribution in [2.24, 2.45) is 11.8 Å². The van der Waals surface area contributed by atoms with Gasteiger partial charge >= 0.3 is 0 Å². The van der Waals surface area contributed by atoms with Crippen molar-refractivity contribution >= 4 is 16.9 Å². The highest BCUT2D eigenvalue weighted by Gasteiger charge is 2.26. The number of para-hydroxylation sites is 2. The second-order valence-electron chi connectivity index (χ2n) is 6.97. The lowest BCUT2D eigenvalue weighted by atomic mass is 9.92. The van der Waals surface area contributed by atoms with Crippen molar-refractivity contribution in [3.05, 3.63) is 30.1 Å². The molecule has 0 aliphatic carbocycles. The van der Waals surface area contributed by atoms with Crippen LogP contribution in [0, 0.1) is 11.8 Å². The van der Waals surface area contributed by atoms with Crippen LogP contribution in [0.25, 0.3) is 11.0 Å². The molecule has 2 heterocycles. The Hall–Kier alpha value is -1.88. The van der Waals surface area contributed by atoms with Crippen LogP contribution in [-0.2, 0) is 11.3 Å². The van der Waals surface area contributed by atoms with Crippen LogP contribution in [0.5, 0.6) is 0 Å². The average Bonchev–Trinajstić information content (AvgIpc) is 2.85. The molecule has 1 N–H and O–H groups in total. The number of piperidine rings is 1. The van der Waals surface area contributed by atoms with Crippen molar-refractivity contribution in [2.45, 2.75) is 39.8 Å². The largest absolute Gasteiger partial charge is 0.385 e. The number of likely N-dealkylation sites (tertiary alicyclic amines) is 1. The fraction of sp³-hybridized carbons (Fsp3) is 0.556. The Balaban J connectivity index is 1.88. The normalized spacial score (nSPS) is 23.2. The lowest BCUT2D eigenvalue weighted by Crippen LogP contribution is -2.44. The maximum atomic E-state index is 12.8. The van der Waals surface area contributed by atoms with Crippen LogP contribution >= 0.6 is 0 Å². The molecule has 5 heteroatoms. The molecule has 1 aliphatic heterocycles. The number of aliphatic hydroxyl groups excluding tert-OH is 1. The quantitative estimate of drug-likeness (QED) is 0.947. The van der Waals surface area contributed by atoms with E-state index in [1.807, 2.05) is 33.7 Å². The third-order valence-corrected chi connectivity index (χ3v) is 4.57. The lowest BCUT2D eigenvalue weighted by Gasteiger charge is -2.35. The third-order valence-electron chi connectivity index (χ3n) is 4.57. The van der Waals surface area contributed by atoms with Gasteiger partial charge in [-0.1, -0.05) is 26.0 Å². The highest BCUT2D eigenvalue weighted by molar-refractivity contribution is 5.81. The van der Waals surface area contributed by atoms with Crippen molar-refractivity contribution in [2.75, 3.05) is 13.1 Å². The van der Waals surface area contributed by atoms with Crippen LogP contribution < -0.4 is 0 Å². The predicted molar refractivity (Wildman–Crippen MR) is 89.9 cm³/mol. The number of imidazole rings is 1. The molecule has 0 saturated carbocycles. The fourth-order valence-electron chi connectivity index (χ4n) is 3.68. The number of carbonyl (C=O) groups excluding carboxylic acids is 1. The van der Waals surface area contributed by atoms with E-state index in [-0.39, 0.29) is 12.5 Å². The summed E-state index contributed by atoms with van der Waals surface area (Å²) in [6.07, 6.45) is 0.478. The molecule has 1 aliphatic rings. The van der Waals surface area contributed by atoms with Crippen LogP contribution in [0.4, 0.5) is 0 Å². The summed E-state index contributed by atoms with van der Waals surface area (Å²) in [7, 11) is 0. The number of carbonyl (C=O) groups is 1. The summed E-state index contributed by atoms with van der Waals surface area (Å²) in [6, 6.07) is 7.71. The molecule has 1 aromatic heterocycles. The molecule has 1 amide bonds. The summed E-state index contributed by atoms with van der Waals surface area (Å²) < 4.78 is 1.85. The zero-order valence-corrected chi connectivity index (χ0v) is 14.1. The second-order valence-corrected chi connectivity index (χ2v) is 6.97.